The summed E-state index contributed by atoms with van der Waals surface area (Å²) in [6.45, 7) is 1.67. The molecule has 0 radical (unpaired) electrons. The van der Waals surface area contributed by atoms with Gasteiger partial charge < -0.3 is 14.9 Å². The van der Waals surface area contributed by atoms with Crippen LogP contribution in [0, 0.1) is 0 Å². The van der Waals surface area contributed by atoms with E-state index in [1.54, 1.807) is 33.9 Å². The van der Waals surface area contributed by atoms with Crippen molar-refractivity contribution in [2.24, 2.45) is 0 Å². The number of rotatable bonds is 7. The van der Waals surface area contributed by atoms with Crippen LogP contribution in [-0.2, 0) is 10.0 Å². The van der Waals surface area contributed by atoms with Crippen molar-refractivity contribution in [2.45, 2.75) is 12.6 Å². The number of hydrogen-bond acceptors (Lipinski definition) is 9. The molecule has 0 bridgehead atoms. The first kappa shape index (κ1) is 27.3. The van der Waals surface area contributed by atoms with E-state index >= 15 is 0 Å². The monoisotopic (exact) mass is 569 g/mol. The highest BCUT2D eigenvalue weighted by Crippen LogP contribution is 2.29. The smallest absolute Gasteiger partial charge is 0.390 e. The lowest BCUT2D eigenvalue weighted by Crippen LogP contribution is -2.49. The van der Waals surface area contributed by atoms with Crippen LogP contribution in [0.1, 0.15) is 26.6 Å². The number of alkyl halides is 3. The van der Waals surface area contributed by atoms with E-state index < -0.39 is 34.3 Å². The summed E-state index contributed by atoms with van der Waals surface area (Å²) in [4.78, 5) is 29.2. The van der Waals surface area contributed by atoms with Crippen LogP contribution < -0.4 is 9.62 Å². The number of carbonyl (C=O) groups is 2. The molecule has 3 heterocycles. The molecule has 1 aliphatic heterocycles. The summed E-state index contributed by atoms with van der Waals surface area (Å²) in [5.41, 5.74) is 1.28. The molecule has 2 N–H and O–H groups in total. The van der Waals surface area contributed by atoms with Crippen LogP contribution in [0.25, 0.3) is 11.1 Å². The molecule has 4 rings (SSSR count). The molecule has 0 atom stereocenters. The Morgan fingerprint density at radius 3 is 2.39 bits per heavy atom. The molecule has 0 unspecified atom stereocenters. The molecule has 1 aliphatic rings. The van der Waals surface area contributed by atoms with E-state index in [-0.39, 0.29) is 17.4 Å². The molecule has 0 aliphatic carbocycles. The van der Waals surface area contributed by atoms with E-state index in [1.807, 2.05) is 16.3 Å². The van der Waals surface area contributed by atoms with Crippen LogP contribution in [0.2, 0.25) is 0 Å². The zero-order chi connectivity index (χ0) is 27.5. The normalized spacial score (nSPS) is 14.4. The third kappa shape index (κ3) is 6.98. The fourth-order valence-electron chi connectivity index (χ4n) is 3.69. The van der Waals surface area contributed by atoms with Gasteiger partial charge >= 0.3 is 6.18 Å². The standard InChI is InChI=1S/C23H22F3N5O5S2/c24-23(25,26)6-11-38(35,36)29-21(33)18-4-5-20(28-27-18)30-7-9-31(10-8-30)22(34)19-13-16(14-37-19)15-2-1-3-17(32)12-15/h1-5,12-14,32H,6-11H2,(H,29,33). The largest absolute Gasteiger partial charge is 0.508 e. The third-order valence-corrected chi connectivity index (χ3v) is 7.82. The van der Waals surface area contributed by atoms with Crippen molar-refractivity contribution in [2.75, 3.05) is 36.8 Å². The number of amides is 2. The predicted octanol–water partition coefficient (Wildman–Crippen LogP) is 2.89. The molecule has 0 saturated carbocycles. The van der Waals surface area contributed by atoms with E-state index in [9.17, 15) is 36.3 Å². The van der Waals surface area contributed by atoms with Crippen LogP contribution in [0.15, 0.2) is 47.8 Å². The van der Waals surface area contributed by atoms with Crippen molar-refractivity contribution in [3.05, 3.63) is 58.4 Å². The lowest BCUT2D eigenvalue weighted by Gasteiger charge is -2.35. The van der Waals surface area contributed by atoms with Crippen molar-refractivity contribution >= 4 is 39.0 Å². The van der Waals surface area contributed by atoms with Crippen LogP contribution in [0.5, 0.6) is 5.75 Å². The molecule has 3 aromatic rings. The van der Waals surface area contributed by atoms with Gasteiger partial charge in [-0.2, -0.15) is 13.2 Å². The highest BCUT2D eigenvalue weighted by molar-refractivity contribution is 7.90. The molecule has 2 aromatic heterocycles. The number of anilines is 1. The molecule has 38 heavy (non-hydrogen) atoms. The number of piperazine rings is 1. The fraction of sp³-hybridized carbons (Fsp3) is 0.304. The maximum absolute atomic E-state index is 13.0. The van der Waals surface area contributed by atoms with Crippen molar-refractivity contribution in [1.82, 2.24) is 19.8 Å². The highest BCUT2D eigenvalue weighted by atomic mass is 32.2. The Morgan fingerprint density at radius 1 is 1.03 bits per heavy atom. The van der Waals surface area contributed by atoms with Crippen LogP contribution in [0.4, 0.5) is 19.0 Å². The zero-order valence-electron chi connectivity index (χ0n) is 19.7. The average molecular weight is 570 g/mol. The van der Waals surface area contributed by atoms with Gasteiger partial charge in [-0.15, -0.1) is 21.5 Å². The van der Waals surface area contributed by atoms with Crippen LogP contribution in [-0.4, -0.2) is 78.5 Å². The minimum Gasteiger partial charge on any atom is -0.508 e. The van der Waals surface area contributed by atoms with Crippen LogP contribution >= 0.6 is 11.3 Å². The van der Waals surface area contributed by atoms with E-state index in [1.165, 1.54) is 23.5 Å². The van der Waals surface area contributed by atoms with Crippen molar-refractivity contribution in [3.8, 4) is 16.9 Å². The number of carbonyl (C=O) groups excluding carboxylic acids is 2. The predicted molar refractivity (Wildman–Crippen MR) is 133 cm³/mol. The van der Waals surface area contributed by atoms with Crippen molar-refractivity contribution in [1.29, 1.82) is 0 Å². The first-order valence-corrected chi connectivity index (χ1v) is 13.8. The summed E-state index contributed by atoms with van der Waals surface area (Å²) in [6.07, 6.45) is -6.26. The Bertz CT molecular complexity index is 1420. The summed E-state index contributed by atoms with van der Waals surface area (Å²) in [7, 11) is -4.49. The number of aromatic hydroxyl groups is 1. The van der Waals surface area contributed by atoms with Gasteiger partial charge in [-0.05, 0) is 46.8 Å². The lowest BCUT2D eigenvalue weighted by atomic mass is 10.1. The minimum atomic E-state index is -4.67. The van der Waals surface area contributed by atoms with Crippen LogP contribution in [0.3, 0.4) is 0 Å². The molecule has 1 saturated heterocycles. The Hall–Kier alpha value is -3.72. The quantitative estimate of drug-likeness (QED) is 0.444. The molecule has 1 fully saturated rings. The first-order chi connectivity index (χ1) is 17.9. The Kier molecular flexibility index (Phi) is 7.87. The molecular formula is C23H22F3N5O5S2. The molecule has 0 spiro atoms. The van der Waals surface area contributed by atoms with Gasteiger partial charge in [0.15, 0.2) is 11.5 Å². The number of nitrogens with zero attached hydrogens (tertiary/aromatic N) is 4. The second-order valence-corrected chi connectivity index (χ2v) is 11.2. The summed E-state index contributed by atoms with van der Waals surface area (Å²) in [6, 6.07) is 11.2. The summed E-state index contributed by atoms with van der Waals surface area (Å²) in [5, 5.41) is 19.2. The number of phenols is 1. The SMILES string of the molecule is O=C(NS(=O)(=O)CCC(F)(F)F)c1ccc(N2CCN(C(=O)c3cc(-c4cccc(O)c4)cs3)CC2)nn1. The Balaban J connectivity index is 1.31. The number of sulfonamides is 1. The second-order valence-electron chi connectivity index (χ2n) is 8.42. The van der Waals surface area contributed by atoms with Gasteiger partial charge in [-0.1, -0.05) is 12.1 Å². The molecular weight excluding hydrogens is 547 g/mol. The molecule has 15 heteroatoms. The molecule has 10 nitrogen and oxygen atoms in total. The van der Waals surface area contributed by atoms with Gasteiger partial charge in [0.1, 0.15) is 5.75 Å². The summed E-state index contributed by atoms with van der Waals surface area (Å²) < 4.78 is 61.8. The van der Waals surface area contributed by atoms with Gasteiger partial charge in [0.2, 0.25) is 10.0 Å². The minimum absolute atomic E-state index is 0.120. The zero-order valence-corrected chi connectivity index (χ0v) is 21.3. The number of halogens is 3. The van der Waals surface area contributed by atoms with E-state index in [2.05, 4.69) is 10.2 Å². The second kappa shape index (κ2) is 10.9. The molecule has 1 aromatic carbocycles. The summed E-state index contributed by atoms with van der Waals surface area (Å²) in [5.74, 6) is -2.04. The van der Waals surface area contributed by atoms with E-state index in [0.29, 0.717) is 36.9 Å². The first-order valence-electron chi connectivity index (χ1n) is 11.3. The third-order valence-electron chi connectivity index (χ3n) is 5.67. The maximum Gasteiger partial charge on any atom is 0.390 e. The topological polar surface area (TPSA) is 133 Å². The average Bonchev–Trinajstić information content (AvgIpc) is 3.37. The van der Waals surface area contributed by atoms with Crippen molar-refractivity contribution in [3.63, 3.8) is 0 Å². The Labute approximate surface area is 219 Å². The number of phenolic OH excluding ortho intramolecular Hbond substituents is 1. The number of aromatic nitrogens is 2. The van der Waals surface area contributed by atoms with Gasteiger partial charge in [-0.3, -0.25) is 9.59 Å². The number of nitrogens with one attached hydrogen (secondary N) is 1. The lowest BCUT2D eigenvalue weighted by molar-refractivity contribution is -0.130. The number of thiophene rings is 1. The van der Waals surface area contributed by atoms with E-state index in [4.69, 9.17) is 0 Å². The fourth-order valence-corrected chi connectivity index (χ4v) is 5.56. The van der Waals surface area contributed by atoms with E-state index in [0.717, 1.165) is 11.1 Å². The van der Waals surface area contributed by atoms with Gasteiger partial charge in [-0.25, -0.2) is 13.1 Å². The van der Waals surface area contributed by atoms with Gasteiger partial charge in [0.05, 0.1) is 17.1 Å². The van der Waals surface area contributed by atoms with Gasteiger partial charge in [0.25, 0.3) is 11.8 Å². The highest BCUT2D eigenvalue weighted by Gasteiger charge is 2.31. The van der Waals surface area contributed by atoms with Gasteiger partial charge in [0, 0.05) is 26.2 Å². The molecule has 202 valence electrons. The number of benzene rings is 1. The number of hydrogen-bond donors (Lipinski definition) is 2. The molecule has 2 amide bonds. The Morgan fingerprint density at radius 2 is 1.76 bits per heavy atom. The maximum atomic E-state index is 13.0. The summed E-state index contributed by atoms with van der Waals surface area (Å²) >= 11 is 1.32. The van der Waals surface area contributed by atoms with Crippen molar-refractivity contribution < 1.29 is 36.3 Å².